The Morgan fingerprint density at radius 3 is 2.68 bits per heavy atom. The number of halogens is 2. The SMILES string of the molecule is Cl.Cl.Nc1ccc(C(=O)NCC(O)C2Cc3ccccc3CN2)cn1. The largest absolute Gasteiger partial charge is 0.390 e. The molecule has 0 fully saturated rings. The molecule has 136 valence electrons. The zero-order valence-corrected chi connectivity index (χ0v) is 15.1. The van der Waals surface area contributed by atoms with Crippen LogP contribution in [0, 0.1) is 0 Å². The molecule has 6 nitrogen and oxygen atoms in total. The molecule has 2 unspecified atom stereocenters. The topological polar surface area (TPSA) is 100 Å². The number of aliphatic hydroxyl groups excluding tert-OH is 1. The molecule has 0 radical (unpaired) electrons. The first kappa shape index (κ1) is 21.2. The van der Waals surface area contributed by atoms with Gasteiger partial charge in [0, 0.05) is 25.3 Å². The van der Waals surface area contributed by atoms with Crippen molar-refractivity contribution in [2.24, 2.45) is 0 Å². The number of benzene rings is 1. The van der Waals surface area contributed by atoms with Crippen LogP contribution in [0.25, 0.3) is 0 Å². The number of hydrogen-bond acceptors (Lipinski definition) is 5. The van der Waals surface area contributed by atoms with Crippen LogP contribution in [0.1, 0.15) is 21.5 Å². The summed E-state index contributed by atoms with van der Waals surface area (Å²) in [7, 11) is 0. The Kier molecular flexibility index (Phi) is 8.12. The average Bonchev–Trinajstić information content (AvgIpc) is 2.59. The quantitative estimate of drug-likeness (QED) is 0.636. The fourth-order valence-corrected chi connectivity index (χ4v) is 2.73. The van der Waals surface area contributed by atoms with Crippen molar-refractivity contribution in [3.05, 3.63) is 59.3 Å². The van der Waals surface area contributed by atoms with E-state index in [9.17, 15) is 9.90 Å². The number of amides is 1. The minimum absolute atomic E-state index is 0. The van der Waals surface area contributed by atoms with E-state index in [1.165, 1.54) is 17.3 Å². The van der Waals surface area contributed by atoms with Crippen molar-refractivity contribution in [1.29, 1.82) is 0 Å². The average molecular weight is 385 g/mol. The zero-order valence-electron chi connectivity index (χ0n) is 13.5. The lowest BCUT2D eigenvalue weighted by Crippen LogP contribution is -2.49. The Labute approximate surface area is 159 Å². The molecule has 1 aliphatic heterocycles. The summed E-state index contributed by atoms with van der Waals surface area (Å²) in [5.41, 5.74) is 8.42. The Balaban J connectivity index is 0.00000156. The van der Waals surface area contributed by atoms with E-state index in [0.717, 1.165) is 13.0 Å². The van der Waals surface area contributed by atoms with Crippen molar-refractivity contribution in [2.75, 3.05) is 12.3 Å². The highest BCUT2D eigenvalue weighted by Crippen LogP contribution is 2.17. The van der Waals surface area contributed by atoms with Gasteiger partial charge in [0.1, 0.15) is 5.82 Å². The van der Waals surface area contributed by atoms with Crippen LogP contribution in [-0.2, 0) is 13.0 Å². The lowest BCUT2D eigenvalue weighted by atomic mass is 9.93. The molecular formula is C17H22Cl2N4O2. The molecule has 2 atom stereocenters. The molecule has 0 bridgehead atoms. The molecule has 0 aliphatic carbocycles. The number of aliphatic hydroxyl groups is 1. The number of pyridine rings is 1. The van der Waals surface area contributed by atoms with Crippen LogP contribution < -0.4 is 16.4 Å². The minimum atomic E-state index is -0.658. The first-order chi connectivity index (χ1) is 11.1. The number of nitrogen functional groups attached to an aromatic ring is 1. The number of anilines is 1. The molecule has 1 aromatic carbocycles. The van der Waals surface area contributed by atoms with Gasteiger partial charge in [-0.1, -0.05) is 24.3 Å². The molecular weight excluding hydrogens is 363 g/mol. The lowest BCUT2D eigenvalue weighted by Gasteiger charge is -2.30. The van der Waals surface area contributed by atoms with Crippen molar-refractivity contribution in [3.8, 4) is 0 Å². The summed E-state index contributed by atoms with van der Waals surface area (Å²) < 4.78 is 0. The first-order valence-electron chi connectivity index (χ1n) is 7.61. The number of carbonyl (C=O) groups excluding carboxylic acids is 1. The van der Waals surface area contributed by atoms with Crippen LogP contribution in [0.5, 0.6) is 0 Å². The van der Waals surface area contributed by atoms with Gasteiger partial charge < -0.3 is 21.5 Å². The number of hydrogen-bond donors (Lipinski definition) is 4. The maximum absolute atomic E-state index is 12.0. The van der Waals surface area contributed by atoms with Gasteiger partial charge in [0.25, 0.3) is 5.91 Å². The van der Waals surface area contributed by atoms with E-state index in [-0.39, 0.29) is 43.3 Å². The number of fused-ring (bicyclic) bond motifs is 1. The van der Waals surface area contributed by atoms with Gasteiger partial charge >= 0.3 is 0 Å². The zero-order chi connectivity index (χ0) is 16.2. The molecule has 0 saturated carbocycles. The van der Waals surface area contributed by atoms with Gasteiger partial charge in [-0.05, 0) is 29.7 Å². The third-order valence-electron chi connectivity index (χ3n) is 4.10. The molecule has 2 heterocycles. The monoisotopic (exact) mass is 384 g/mol. The van der Waals surface area contributed by atoms with Crippen molar-refractivity contribution in [1.82, 2.24) is 15.6 Å². The van der Waals surface area contributed by atoms with Gasteiger partial charge in [0.2, 0.25) is 0 Å². The standard InChI is InChI=1S/C17H20N4O2.2ClH/c18-16-6-5-13(9-20-16)17(23)21-10-15(22)14-7-11-3-1-2-4-12(11)8-19-14;;/h1-6,9,14-15,19,22H,7-8,10H2,(H2,18,20)(H,21,23);2*1H. The van der Waals surface area contributed by atoms with E-state index in [2.05, 4.69) is 27.8 Å². The highest BCUT2D eigenvalue weighted by molar-refractivity contribution is 5.94. The second-order valence-electron chi connectivity index (χ2n) is 5.71. The number of nitrogens with two attached hydrogens (primary N) is 1. The van der Waals surface area contributed by atoms with E-state index < -0.39 is 6.10 Å². The summed E-state index contributed by atoms with van der Waals surface area (Å²) in [6.45, 7) is 0.913. The van der Waals surface area contributed by atoms with Crippen LogP contribution in [-0.4, -0.2) is 34.7 Å². The fourth-order valence-electron chi connectivity index (χ4n) is 2.73. The van der Waals surface area contributed by atoms with E-state index in [0.29, 0.717) is 11.4 Å². The summed E-state index contributed by atoms with van der Waals surface area (Å²) in [6, 6.07) is 11.3. The van der Waals surface area contributed by atoms with E-state index in [1.807, 2.05) is 12.1 Å². The summed E-state index contributed by atoms with van der Waals surface area (Å²) in [5.74, 6) is 0.0967. The van der Waals surface area contributed by atoms with Crippen LogP contribution in [0.3, 0.4) is 0 Å². The molecule has 8 heteroatoms. The van der Waals surface area contributed by atoms with E-state index >= 15 is 0 Å². The van der Waals surface area contributed by atoms with Crippen molar-refractivity contribution in [3.63, 3.8) is 0 Å². The molecule has 3 rings (SSSR count). The first-order valence-corrected chi connectivity index (χ1v) is 7.61. The number of carbonyl (C=O) groups is 1. The Hall–Kier alpha value is -1.86. The van der Waals surface area contributed by atoms with Crippen molar-refractivity contribution < 1.29 is 9.90 Å². The van der Waals surface area contributed by atoms with Crippen molar-refractivity contribution >= 4 is 36.5 Å². The fraction of sp³-hybridized carbons (Fsp3) is 0.294. The predicted molar refractivity (Wildman–Crippen MR) is 102 cm³/mol. The third-order valence-corrected chi connectivity index (χ3v) is 4.10. The summed E-state index contributed by atoms with van der Waals surface area (Å²) in [5, 5.41) is 16.4. The van der Waals surface area contributed by atoms with Crippen LogP contribution in [0.4, 0.5) is 5.82 Å². The van der Waals surface area contributed by atoms with Crippen LogP contribution >= 0.6 is 24.8 Å². The minimum Gasteiger partial charge on any atom is -0.390 e. The summed E-state index contributed by atoms with van der Waals surface area (Å²) in [4.78, 5) is 15.9. The summed E-state index contributed by atoms with van der Waals surface area (Å²) >= 11 is 0. The van der Waals surface area contributed by atoms with Gasteiger partial charge in [0.05, 0.1) is 11.7 Å². The summed E-state index contributed by atoms with van der Waals surface area (Å²) in [6.07, 6.45) is 1.51. The molecule has 1 aliphatic rings. The highest BCUT2D eigenvalue weighted by Gasteiger charge is 2.24. The van der Waals surface area contributed by atoms with E-state index in [1.54, 1.807) is 12.1 Å². The van der Waals surface area contributed by atoms with Gasteiger partial charge in [0.15, 0.2) is 0 Å². The predicted octanol–water partition coefficient (Wildman–Crippen LogP) is 1.31. The normalized spacial score (nSPS) is 16.6. The Bertz CT molecular complexity index is 697. The van der Waals surface area contributed by atoms with Crippen molar-refractivity contribution in [2.45, 2.75) is 25.1 Å². The maximum Gasteiger partial charge on any atom is 0.252 e. The second-order valence-corrected chi connectivity index (χ2v) is 5.71. The van der Waals surface area contributed by atoms with Gasteiger partial charge in [-0.15, -0.1) is 24.8 Å². The van der Waals surface area contributed by atoms with E-state index in [4.69, 9.17) is 5.73 Å². The lowest BCUT2D eigenvalue weighted by molar-refractivity contribution is 0.0869. The smallest absolute Gasteiger partial charge is 0.252 e. The Morgan fingerprint density at radius 1 is 1.28 bits per heavy atom. The van der Waals surface area contributed by atoms with Crippen LogP contribution in [0.15, 0.2) is 42.6 Å². The maximum atomic E-state index is 12.0. The number of nitrogens with one attached hydrogen (secondary N) is 2. The molecule has 25 heavy (non-hydrogen) atoms. The molecule has 0 spiro atoms. The third kappa shape index (κ3) is 5.31. The molecule has 5 N–H and O–H groups in total. The van der Waals surface area contributed by atoms with Gasteiger partial charge in [-0.3, -0.25) is 4.79 Å². The number of aromatic nitrogens is 1. The molecule has 1 amide bonds. The molecule has 0 saturated heterocycles. The Morgan fingerprint density at radius 2 is 2.00 bits per heavy atom. The second kappa shape index (κ2) is 9.58. The van der Waals surface area contributed by atoms with Gasteiger partial charge in [-0.2, -0.15) is 0 Å². The highest BCUT2D eigenvalue weighted by atomic mass is 35.5. The molecule has 2 aromatic rings. The van der Waals surface area contributed by atoms with Crippen LogP contribution in [0.2, 0.25) is 0 Å². The van der Waals surface area contributed by atoms with Gasteiger partial charge in [-0.25, -0.2) is 4.98 Å². The number of nitrogens with zero attached hydrogens (tertiary/aromatic N) is 1. The molecule has 1 aromatic heterocycles. The number of rotatable bonds is 4.